The van der Waals surface area contributed by atoms with E-state index < -0.39 is 5.97 Å². The van der Waals surface area contributed by atoms with Gasteiger partial charge in [0.25, 0.3) is 0 Å². The average Bonchev–Trinajstić information content (AvgIpc) is 2.97. The molecule has 0 saturated carbocycles. The molecule has 0 spiro atoms. The number of hydrogen-bond acceptors (Lipinski definition) is 3. The third-order valence-corrected chi connectivity index (χ3v) is 3.43. The Balaban J connectivity index is 2.02. The molecule has 0 unspecified atom stereocenters. The van der Waals surface area contributed by atoms with Gasteiger partial charge in [-0.25, -0.2) is 4.68 Å². The van der Waals surface area contributed by atoms with Crippen molar-refractivity contribution in [2.45, 2.75) is 32.9 Å². The summed E-state index contributed by atoms with van der Waals surface area (Å²) in [6, 6.07) is 10.4. The highest BCUT2D eigenvalue weighted by Gasteiger charge is 2.12. The van der Waals surface area contributed by atoms with Crippen LogP contribution in [0.3, 0.4) is 0 Å². The van der Waals surface area contributed by atoms with Crippen LogP contribution in [0.15, 0.2) is 42.7 Å². The van der Waals surface area contributed by atoms with Gasteiger partial charge in [0.1, 0.15) is 0 Å². The van der Waals surface area contributed by atoms with E-state index in [0.29, 0.717) is 12.6 Å². The van der Waals surface area contributed by atoms with Gasteiger partial charge in [0.05, 0.1) is 12.1 Å². The predicted octanol–water partition coefficient (Wildman–Crippen LogP) is 2.56. The van der Waals surface area contributed by atoms with Crippen molar-refractivity contribution in [3.63, 3.8) is 0 Å². The van der Waals surface area contributed by atoms with Crippen LogP contribution < -0.4 is 0 Å². The van der Waals surface area contributed by atoms with Crippen LogP contribution in [0.2, 0.25) is 0 Å². The summed E-state index contributed by atoms with van der Waals surface area (Å²) in [7, 11) is 0. The number of benzene rings is 1. The Morgan fingerprint density at radius 1 is 1.33 bits per heavy atom. The fraction of sp³-hybridized carbons (Fsp3) is 0.375. The van der Waals surface area contributed by atoms with Crippen molar-refractivity contribution < 1.29 is 9.90 Å². The van der Waals surface area contributed by atoms with Crippen LogP contribution >= 0.6 is 0 Å². The molecule has 0 fully saturated rings. The third kappa shape index (κ3) is 4.43. The molecule has 0 aliphatic rings. The second-order valence-corrected chi connectivity index (χ2v) is 5.33. The fourth-order valence-corrected chi connectivity index (χ4v) is 2.17. The summed E-state index contributed by atoms with van der Waals surface area (Å²) < 4.78 is 1.81. The summed E-state index contributed by atoms with van der Waals surface area (Å²) >= 11 is 0. The summed E-state index contributed by atoms with van der Waals surface area (Å²) in [5.74, 6) is -0.755. The molecule has 0 saturated heterocycles. The molecule has 0 radical (unpaired) electrons. The summed E-state index contributed by atoms with van der Waals surface area (Å²) in [5.41, 5.74) is 2.19. The second-order valence-electron chi connectivity index (χ2n) is 5.33. The van der Waals surface area contributed by atoms with E-state index in [9.17, 15) is 4.79 Å². The number of hydrogen-bond donors (Lipinski definition) is 1. The van der Waals surface area contributed by atoms with Crippen molar-refractivity contribution in [3.05, 3.63) is 48.3 Å². The highest BCUT2D eigenvalue weighted by atomic mass is 16.4. The molecule has 21 heavy (non-hydrogen) atoms. The van der Waals surface area contributed by atoms with Crippen LogP contribution in [0.4, 0.5) is 0 Å². The normalized spacial score (nSPS) is 11.2. The molecular weight excluding hydrogens is 266 g/mol. The molecule has 0 aliphatic heterocycles. The predicted molar refractivity (Wildman–Crippen MR) is 81.4 cm³/mol. The highest BCUT2D eigenvalue weighted by molar-refractivity contribution is 5.66. The molecule has 5 nitrogen and oxygen atoms in total. The monoisotopic (exact) mass is 287 g/mol. The largest absolute Gasteiger partial charge is 0.481 e. The fourth-order valence-electron chi connectivity index (χ4n) is 2.17. The molecule has 2 aromatic rings. The van der Waals surface area contributed by atoms with Gasteiger partial charge in [0.2, 0.25) is 0 Å². The Morgan fingerprint density at radius 3 is 2.57 bits per heavy atom. The molecule has 1 aromatic carbocycles. The Labute approximate surface area is 124 Å². The van der Waals surface area contributed by atoms with E-state index in [0.717, 1.165) is 12.2 Å². The van der Waals surface area contributed by atoms with Gasteiger partial charge >= 0.3 is 5.97 Å². The zero-order valence-electron chi connectivity index (χ0n) is 12.4. The maximum absolute atomic E-state index is 10.7. The topological polar surface area (TPSA) is 58.4 Å². The maximum Gasteiger partial charge on any atom is 0.304 e. The van der Waals surface area contributed by atoms with E-state index in [1.54, 1.807) is 6.20 Å². The molecule has 1 N–H and O–H groups in total. The number of aliphatic carboxylic acids is 1. The zero-order valence-corrected chi connectivity index (χ0v) is 12.4. The molecule has 0 amide bonds. The lowest BCUT2D eigenvalue weighted by Gasteiger charge is -2.25. The molecule has 2 rings (SSSR count). The molecule has 112 valence electrons. The van der Waals surface area contributed by atoms with Crippen LogP contribution in [0.5, 0.6) is 0 Å². The molecule has 0 bridgehead atoms. The van der Waals surface area contributed by atoms with E-state index in [4.69, 9.17) is 5.11 Å². The first-order valence-corrected chi connectivity index (χ1v) is 7.11. The lowest BCUT2D eigenvalue weighted by molar-refractivity contribution is -0.137. The van der Waals surface area contributed by atoms with Crippen molar-refractivity contribution in [1.82, 2.24) is 14.7 Å². The van der Waals surface area contributed by atoms with E-state index >= 15 is 0 Å². The molecule has 0 aliphatic carbocycles. The lowest BCUT2D eigenvalue weighted by Crippen LogP contribution is -2.32. The van der Waals surface area contributed by atoms with Crippen molar-refractivity contribution in [3.8, 4) is 5.69 Å². The summed E-state index contributed by atoms with van der Waals surface area (Å²) in [4.78, 5) is 12.9. The number of rotatable bonds is 7. The van der Waals surface area contributed by atoms with E-state index in [1.807, 2.05) is 29.1 Å². The average molecular weight is 287 g/mol. The van der Waals surface area contributed by atoms with Gasteiger partial charge in [0, 0.05) is 31.5 Å². The lowest BCUT2D eigenvalue weighted by atomic mass is 10.1. The van der Waals surface area contributed by atoms with Gasteiger partial charge in [-0.15, -0.1) is 0 Å². The van der Waals surface area contributed by atoms with Crippen molar-refractivity contribution in [2.24, 2.45) is 0 Å². The third-order valence-electron chi connectivity index (χ3n) is 3.43. The van der Waals surface area contributed by atoms with Crippen LogP contribution in [-0.2, 0) is 11.3 Å². The first-order chi connectivity index (χ1) is 10.1. The van der Waals surface area contributed by atoms with Crippen LogP contribution in [0.1, 0.15) is 25.8 Å². The molecule has 1 aromatic heterocycles. The van der Waals surface area contributed by atoms with Crippen LogP contribution in [-0.4, -0.2) is 38.3 Å². The van der Waals surface area contributed by atoms with E-state index in [2.05, 4.69) is 36.0 Å². The van der Waals surface area contributed by atoms with Gasteiger partial charge in [-0.3, -0.25) is 9.69 Å². The summed E-state index contributed by atoms with van der Waals surface area (Å²) in [6.45, 7) is 5.48. The first kappa shape index (κ1) is 15.3. The van der Waals surface area contributed by atoms with E-state index in [1.165, 1.54) is 5.56 Å². The standard InChI is InChI=1S/C16H21N3O2/c1-13(2)18(11-8-16(20)21)12-14-4-6-15(7-5-14)19-10-3-9-17-19/h3-7,9-10,13H,8,11-12H2,1-2H3,(H,20,21). The Kier molecular flexibility index (Phi) is 5.11. The number of nitrogens with zero attached hydrogens (tertiary/aromatic N) is 3. The minimum atomic E-state index is -0.755. The summed E-state index contributed by atoms with van der Waals surface area (Å²) in [5, 5.41) is 13.0. The van der Waals surface area contributed by atoms with Crippen LogP contribution in [0.25, 0.3) is 5.69 Å². The number of carbonyl (C=O) groups is 1. The Morgan fingerprint density at radius 2 is 2.05 bits per heavy atom. The Bertz CT molecular complexity index is 562. The number of carboxylic acids is 1. The minimum Gasteiger partial charge on any atom is -0.481 e. The van der Waals surface area contributed by atoms with Gasteiger partial charge < -0.3 is 5.11 Å². The molecule has 5 heteroatoms. The van der Waals surface area contributed by atoms with Crippen molar-refractivity contribution >= 4 is 5.97 Å². The minimum absolute atomic E-state index is 0.170. The van der Waals surface area contributed by atoms with Gasteiger partial charge in [-0.1, -0.05) is 12.1 Å². The van der Waals surface area contributed by atoms with Crippen molar-refractivity contribution in [2.75, 3.05) is 6.54 Å². The number of aromatic nitrogens is 2. The maximum atomic E-state index is 10.7. The number of carboxylic acid groups (broad SMARTS) is 1. The highest BCUT2D eigenvalue weighted by Crippen LogP contribution is 2.12. The summed E-state index contributed by atoms with van der Waals surface area (Å²) in [6.07, 6.45) is 3.83. The smallest absolute Gasteiger partial charge is 0.304 e. The first-order valence-electron chi connectivity index (χ1n) is 7.11. The van der Waals surface area contributed by atoms with Gasteiger partial charge in [0.15, 0.2) is 0 Å². The molecule has 1 heterocycles. The zero-order chi connectivity index (χ0) is 15.2. The van der Waals surface area contributed by atoms with Crippen molar-refractivity contribution in [1.29, 1.82) is 0 Å². The van der Waals surface area contributed by atoms with E-state index in [-0.39, 0.29) is 6.42 Å². The quantitative estimate of drug-likeness (QED) is 0.850. The second kappa shape index (κ2) is 7.04. The Hall–Kier alpha value is -2.14. The molecule has 0 atom stereocenters. The SMILES string of the molecule is CC(C)N(CCC(=O)O)Cc1ccc(-n2cccn2)cc1. The van der Waals surface area contributed by atoms with Crippen LogP contribution in [0, 0.1) is 0 Å². The molecular formula is C16H21N3O2. The van der Waals surface area contributed by atoms with Gasteiger partial charge in [-0.2, -0.15) is 5.10 Å². The van der Waals surface area contributed by atoms with Gasteiger partial charge in [-0.05, 0) is 37.6 Å².